The predicted molar refractivity (Wildman–Crippen MR) is 225 cm³/mol. The highest BCUT2D eigenvalue weighted by Gasteiger charge is 2.16. The number of benzene rings is 6. The van der Waals surface area contributed by atoms with Crippen molar-refractivity contribution in [2.45, 2.75) is 0 Å². The summed E-state index contributed by atoms with van der Waals surface area (Å²) in [5, 5.41) is 4.65. The molecule has 5 heterocycles. The first-order valence-corrected chi connectivity index (χ1v) is 18.2. The number of fused-ring (bicyclic) bond motifs is 7. The molecule has 6 aromatic carbocycles. The number of aromatic nitrogens is 4. The van der Waals surface area contributed by atoms with E-state index in [1.165, 1.54) is 0 Å². The summed E-state index contributed by atoms with van der Waals surface area (Å²) in [6, 6.07) is 51.4. The highest BCUT2D eigenvalue weighted by atomic mass is 16.3. The van der Waals surface area contributed by atoms with Crippen molar-refractivity contribution >= 4 is 54.6 Å². The average molecular weight is 705 g/mol. The fourth-order valence-corrected chi connectivity index (χ4v) is 7.65. The van der Waals surface area contributed by atoms with Gasteiger partial charge in [0.1, 0.15) is 11.2 Å². The predicted octanol–water partition coefficient (Wildman–Crippen LogP) is 13.0. The largest absolute Gasteiger partial charge is 0.456 e. The maximum Gasteiger partial charge on any atom is 0.136 e. The highest BCUT2D eigenvalue weighted by molar-refractivity contribution is 6.13. The van der Waals surface area contributed by atoms with Crippen LogP contribution < -0.4 is 0 Å². The third kappa shape index (κ3) is 5.41. The van der Waals surface area contributed by atoms with Gasteiger partial charge in [0.2, 0.25) is 0 Å². The summed E-state index contributed by atoms with van der Waals surface area (Å²) in [5.74, 6) is 0. The monoisotopic (exact) mass is 704 g/mol. The van der Waals surface area contributed by atoms with E-state index in [0.29, 0.717) is 11.2 Å². The molecular weight excluding hydrogens is 673 g/mol. The van der Waals surface area contributed by atoms with E-state index in [2.05, 4.69) is 96.0 Å². The maximum atomic E-state index is 9.18. The minimum atomic E-state index is 0.245. The number of hydrogen-bond acceptors (Lipinski definition) is 5. The molecular formula is C50H30N4O. The second-order valence-corrected chi connectivity index (χ2v) is 13.8. The Morgan fingerprint density at radius 3 is 1.95 bits per heavy atom. The van der Waals surface area contributed by atoms with Crippen molar-refractivity contribution in [3.63, 3.8) is 0 Å². The Balaban J connectivity index is 1.10. The Bertz CT molecular complexity index is 3380. The van der Waals surface area contributed by atoms with Crippen LogP contribution >= 0.6 is 0 Å². The van der Waals surface area contributed by atoms with Gasteiger partial charge in [0.25, 0.3) is 0 Å². The van der Waals surface area contributed by atoms with Crippen LogP contribution in [-0.2, 0) is 0 Å². The van der Waals surface area contributed by atoms with Crippen molar-refractivity contribution in [1.82, 2.24) is 19.9 Å². The summed E-state index contributed by atoms with van der Waals surface area (Å²) in [5.41, 5.74) is 12.7. The molecule has 11 rings (SSSR count). The molecule has 5 heteroatoms. The fourth-order valence-electron chi connectivity index (χ4n) is 7.65. The molecule has 0 spiro atoms. The van der Waals surface area contributed by atoms with E-state index in [9.17, 15) is 1.37 Å². The molecule has 0 aliphatic heterocycles. The van der Waals surface area contributed by atoms with Gasteiger partial charge in [0.05, 0.1) is 30.7 Å². The van der Waals surface area contributed by atoms with Gasteiger partial charge >= 0.3 is 0 Å². The van der Waals surface area contributed by atoms with Crippen molar-refractivity contribution in [3.05, 3.63) is 182 Å². The van der Waals surface area contributed by atoms with E-state index < -0.39 is 0 Å². The Hall–Kier alpha value is -7.50. The van der Waals surface area contributed by atoms with Crippen LogP contribution in [-0.4, -0.2) is 19.9 Å². The zero-order valence-electron chi connectivity index (χ0n) is 31.4. The molecule has 0 fully saturated rings. The summed E-state index contributed by atoms with van der Waals surface area (Å²) in [4.78, 5) is 19.7. The minimum Gasteiger partial charge on any atom is -0.456 e. The van der Waals surface area contributed by atoms with Crippen molar-refractivity contribution in [2.75, 3.05) is 0 Å². The Morgan fingerprint density at radius 2 is 1.15 bits per heavy atom. The lowest BCUT2D eigenvalue weighted by Crippen LogP contribution is -1.93. The van der Waals surface area contributed by atoms with Crippen molar-refractivity contribution < 1.29 is 7.16 Å². The van der Waals surface area contributed by atoms with Gasteiger partial charge < -0.3 is 4.42 Å². The molecule has 5 aromatic heterocycles. The van der Waals surface area contributed by atoms with E-state index in [-0.39, 0.29) is 12.1 Å². The third-order valence-electron chi connectivity index (χ3n) is 10.4. The summed E-state index contributed by atoms with van der Waals surface area (Å²) in [6.45, 7) is 0. The van der Waals surface area contributed by atoms with Gasteiger partial charge in [0.15, 0.2) is 0 Å². The molecule has 5 nitrogen and oxygen atoms in total. The van der Waals surface area contributed by atoms with Crippen molar-refractivity contribution in [3.8, 4) is 55.9 Å². The lowest BCUT2D eigenvalue weighted by molar-refractivity contribution is 0.669. The maximum absolute atomic E-state index is 9.18. The molecule has 0 saturated heterocycles. The zero-order chi connectivity index (χ0) is 38.0. The first-order valence-electron chi connectivity index (χ1n) is 19.2. The van der Waals surface area contributed by atoms with Gasteiger partial charge in [-0.2, -0.15) is 0 Å². The number of rotatable bonds is 5. The number of hydrogen-bond donors (Lipinski definition) is 0. The van der Waals surface area contributed by atoms with Gasteiger partial charge in [-0.1, -0.05) is 109 Å². The number of furan rings is 1. The fraction of sp³-hybridized carbons (Fsp3) is 0. The molecule has 0 aliphatic carbocycles. The molecule has 0 bridgehead atoms. The molecule has 0 radical (unpaired) electrons. The van der Waals surface area contributed by atoms with E-state index in [1.54, 1.807) is 12.3 Å². The van der Waals surface area contributed by atoms with E-state index in [4.69, 9.17) is 20.7 Å². The lowest BCUT2D eigenvalue weighted by atomic mass is 9.96. The number of nitrogens with zero attached hydrogens (tertiary/aromatic N) is 4. The molecule has 0 amide bonds. The van der Waals surface area contributed by atoms with Crippen molar-refractivity contribution in [2.24, 2.45) is 0 Å². The first kappa shape index (κ1) is 29.0. The molecule has 55 heavy (non-hydrogen) atoms. The standard InChI is InChI=1S/C50H30N4O/c1-3-9-31(10-4-1)39-23-36-18-19-37-24-40(30-53-50(37)49(36)52-29-39)45-28-38(27-44(54-45)35-17-16-33-13-8-22-51-43(33)26-35)34-20-21-46-42(25-34)48-41(14-7-15-47(48)55-46)32-11-5-2-6-12-32/h1-30H/i15D,21D. The lowest BCUT2D eigenvalue weighted by Gasteiger charge is -2.12. The van der Waals surface area contributed by atoms with Crippen LogP contribution in [0.15, 0.2) is 187 Å². The normalized spacial score (nSPS) is 12.1. The van der Waals surface area contributed by atoms with Gasteiger partial charge in [-0.15, -0.1) is 0 Å². The SMILES string of the molecule is [2H]c1cc(-c2cc(-c3cnc4c(ccc5cc(-c6ccccc6)cnc54)c3)nc(-c3ccc4cccnc4c3)c2)cc2c1oc1c([2H])ccc(-c3ccccc3)c12. The van der Waals surface area contributed by atoms with Crippen LogP contribution in [0.4, 0.5) is 0 Å². The van der Waals surface area contributed by atoms with Gasteiger partial charge in [-0.3, -0.25) is 15.0 Å². The van der Waals surface area contributed by atoms with Crippen LogP contribution in [0.25, 0.3) is 111 Å². The van der Waals surface area contributed by atoms with E-state index in [1.807, 2.05) is 67.0 Å². The Morgan fingerprint density at radius 1 is 0.436 bits per heavy atom. The van der Waals surface area contributed by atoms with Crippen LogP contribution in [0.1, 0.15) is 2.74 Å². The quantitative estimate of drug-likeness (QED) is 0.167. The Labute approximate surface area is 319 Å². The summed E-state index contributed by atoms with van der Waals surface area (Å²) >= 11 is 0. The van der Waals surface area contributed by atoms with Crippen LogP contribution in [0.5, 0.6) is 0 Å². The molecule has 0 aliphatic rings. The molecule has 256 valence electrons. The second-order valence-electron chi connectivity index (χ2n) is 13.8. The topological polar surface area (TPSA) is 64.7 Å². The molecule has 0 atom stereocenters. The van der Waals surface area contributed by atoms with Crippen molar-refractivity contribution in [1.29, 1.82) is 0 Å². The Kier molecular flexibility index (Phi) is 6.63. The second kappa shape index (κ2) is 12.6. The smallest absolute Gasteiger partial charge is 0.136 e. The summed E-state index contributed by atoms with van der Waals surface area (Å²) < 4.78 is 24.2. The first-order chi connectivity index (χ1) is 28.0. The van der Waals surface area contributed by atoms with Crippen LogP contribution in [0.2, 0.25) is 0 Å². The van der Waals surface area contributed by atoms with Gasteiger partial charge in [0, 0.05) is 62.2 Å². The zero-order valence-corrected chi connectivity index (χ0v) is 29.4. The summed E-state index contributed by atoms with van der Waals surface area (Å²) in [6.07, 6.45) is 5.59. The average Bonchev–Trinajstić information content (AvgIpc) is 3.67. The number of pyridine rings is 4. The van der Waals surface area contributed by atoms with E-state index >= 15 is 0 Å². The molecule has 0 saturated carbocycles. The summed E-state index contributed by atoms with van der Waals surface area (Å²) in [7, 11) is 0. The molecule has 0 N–H and O–H groups in total. The van der Waals surface area contributed by atoms with Crippen LogP contribution in [0, 0.1) is 0 Å². The van der Waals surface area contributed by atoms with Gasteiger partial charge in [-0.05, 0) is 82.4 Å². The highest BCUT2D eigenvalue weighted by Crippen LogP contribution is 2.40. The minimum absolute atomic E-state index is 0.245. The van der Waals surface area contributed by atoms with E-state index in [0.717, 1.165) is 99.4 Å². The van der Waals surface area contributed by atoms with Gasteiger partial charge in [-0.25, -0.2) is 4.98 Å². The van der Waals surface area contributed by atoms with Crippen LogP contribution in [0.3, 0.4) is 0 Å². The third-order valence-corrected chi connectivity index (χ3v) is 10.4. The molecule has 11 aromatic rings. The molecule has 0 unspecified atom stereocenters.